The Kier molecular flexibility index (Phi) is 4.89. The summed E-state index contributed by atoms with van der Waals surface area (Å²) < 4.78 is 5.18. The van der Waals surface area contributed by atoms with Gasteiger partial charge in [-0.15, -0.1) is 0 Å². The number of carbonyl (C=O) groups excluding carboxylic acids is 1. The molecule has 0 fully saturated rings. The summed E-state index contributed by atoms with van der Waals surface area (Å²) in [4.78, 5) is 24.8. The van der Waals surface area contributed by atoms with Crippen molar-refractivity contribution in [1.29, 1.82) is 0 Å². The zero-order valence-electron chi connectivity index (χ0n) is 16.3. The summed E-state index contributed by atoms with van der Waals surface area (Å²) in [5.74, 6) is -0.788. The van der Waals surface area contributed by atoms with E-state index in [2.05, 4.69) is 26.1 Å². The van der Waals surface area contributed by atoms with Gasteiger partial charge in [0.2, 0.25) is 5.91 Å². The molecule has 1 heterocycles. The first-order chi connectivity index (χ1) is 13.1. The van der Waals surface area contributed by atoms with Crippen molar-refractivity contribution in [3.63, 3.8) is 0 Å². The molecule has 1 aromatic heterocycles. The van der Waals surface area contributed by atoms with Gasteiger partial charge in [0.1, 0.15) is 17.1 Å². The van der Waals surface area contributed by atoms with Crippen LogP contribution in [-0.2, 0) is 16.6 Å². The summed E-state index contributed by atoms with van der Waals surface area (Å²) in [5, 5.41) is 22.7. The van der Waals surface area contributed by atoms with Gasteiger partial charge >= 0.3 is 5.63 Å². The Morgan fingerprint density at radius 2 is 1.75 bits per heavy atom. The van der Waals surface area contributed by atoms with Gasteiger partial charge in [-0.05, 0) is 35.6 Å². The fourth-order valence-corrected chi connectivity index (χ4v) is 3.13. The number of amides is 1. The van der Waals surface area contributed by atoms with Crippen molar-refractivity contribution in [2.24, 2.45) is 0 Å². The smallest absolute Gasteiger partial charge is 0.340 e. The van der Waals surface area contributed by atoms with Crippen molar-refractivity contribution < 1.29 is 19.4 Å². The van der Waals surface area contributed by atoms with Gasteiger partial charge in [-0.25, -0.2) is 4.79 Å². The van der Waals surface area contributed by atoms with Crippen LogP contribution in [0.4, 0.5) is 5.69 Å². The predicted octanol–water partition coefficient (Wildman–Crippen LogP) is 3.99. The second kappa shape index (κ2) is 7.03. The molecule has 0 saturated heterocycles. The molecule has 3 aromatic rings. The highest BCUT2D eigenvalue weighted by Crippen LogP contribution is 2.32. The van der Waals surface area contributed by atoms with Crippen molar-refractivity contribution in [2.75, 3.05) is 5.32 Å². The molecule has 28 heavy (non-hydrogen) atoms. The van der Waals surface area contributed by atoms with E-state index in [1.807, 2.05) is 24.3 Å². The third-order valence-electron chi connectivity index (χ3n) is 4.71. The van der Waals surface area contributed by atoms with E-state index >= 15 is 0 Å². The highest BCUT2D eigenvalue weighted by atomic mass is 16.4. The highest BCUT2D eigenvalue weighted by Gasteiger charge is 2.18. The van der Waals surface area contributed by atoms with E-state index in [0.717, 1.165) is 11.6 Å². The largest absolute Gasteiger partial charge is 0.508 e. The molecule has 3 rings (SSSR count). The first-order valence-corrected chi connectivity index (χ1v) is 8.95. The number of phenols is 2. The highest BCUT2D eigenvalue weighted by molar-refractivity contribution is 5.94. The molecule has 0 aliphatic rings. The van der Waals surface area contributed by atoms with Crippen LogP contribution in [0.25, 0.3) is 11.0 Å². The topological polar surface area (TPSA) is 99.8 Å². The van der Waals surface area contributed by atoms with E-state index in [1.54, 1.807) is 6.92 Å². The number of nitrogens with one attached hydrogen (secondary N) is 1. The van der Waals surface area contributed by atoms with Crippen LogP contribution in [-0.4, -0.2) is 16.1 Å². The Hall–Kier alpha value is -3.28. The average molecular weight is 381 g/mol. The van der Waals surface area contributed by atoms with E-state index < -0.39 is 5.63 Å². The number of anilines is 1. The molecule has 0 unspecified atom stereocenters. The van der Waals surface area contributed by atoms with Gasteiger partial charge in [0, 0.05) is 17.8 Å². The van der Waals surface area contributed by atoms with Crippen LogP contribution >= 0.6 is 0 Å². The van der Waals surface area contributed by atoms with E-state index in [-0.39, 0.29) is 40.4 Å². The second-order valence-electron chi connectivity index (χ2n) is 7.88. The maximum Gasteiger partial charge on any atom is 0.340 e. The Balaban J connectivity index is 1.86. The number of hydrogen-bond donors (Lipinski definition) is 3. The minimum absolute atomic E-state index is 0.0140. The molecule has 0 atom stereocenters. The number of carbonyl (C=O) groups is 1. The van der Waals surface area contributed by atoms with Gasteiger partial charge in [0.25, 0.3) is 0 Å². The number of aromatic hydroxyl groups is 2. The van der Waals surface area contributed by atoms with Crippen LogP contribution in [0.2, 0.25) is 0 Å². The van der Waals surface area contributed by atoms with Crippen LogP contribution < -0.4 is 10.9 Å². The van der Waals surface area contributed by atoms with Crippen LogP contribution in [0.3, 0.4) is 0 Å². The molecule has 146 valence electrons. The maximum absolute atomic E-state index is 12.4. The van der Waals surface area contributed by atoms with E-state index in [4.69, 9.17) is 4.42 Å². The summed E-state index contributed by atoms with van der Waals surface area (Å²) in [6, 6.07) is 9.97. The molecule has 0 spiro atoms. The normalized spacial score (nSPS) is 11.6. The molecular weight excluding hydrogens is 358 g/mol. The standard InChI is InChI=1S/C22H23NO5/c1-12-16(21(27)28-18-10-15(24)9-17(25)20(12)18)11-19(26)23-14-7-5-13(6-8-14)22(2,3)4/h5-10,24-25H,11H2,1-4H3,(H,23,26). The molecule has 6 nitrogen and oxygen atoms in total. The van der Waals surface area contributed by atoms with Crippen molar-refractivity contribution in [1.82, 2.24) is 0 Å². The fourth-order valence-electron chi connectivity index (χ4n) is 3.13. The van der Waals surface area contributed by atoms with Gasteiger partial charge in [0.05, 0.1) is 17.4 Å². The lowest BCUT2D eigenvalue weighted by molar-refractivity contribution is -0.115. The third-order valence-corrected chi connectivity index (χ3v) is 4.71. The molecule has 6 heteroatoms. The quantitative estimate of drug-likeness (QED) is 0.596. The molecule has 3 N–H and O–H groups in total. The van der Waals surface area contributed by atoms with Crippen molar-refractivity contribution in [2.45, 2.75) is 39.5 Å². The van der Waals surface area contributed by atoms with E-state index in [9.17, 15) is 19.8 Å². The van der Waals surface area contributed by atoms with Gasteiger partial charge in [0.15, 0.2) is 0 Å². The number of rotatable bonds is 3. The molecule has 0 aliphatic heterocycles. The first-order valence-electron chi connectivity index (χ1n) is 8.95. The van der Waals surface area contributed by atoms with Gasteiger partial charge < -0.3 is 19.9 Å². The lowest BCUT2D eigenvalue weighted by atomic mass is 9.87. The number of phenolic OH excluding ortho intramolecular Hbond substituents is 2. The minimum Gasteiger partial charge on any atom is -0.508 e. The van der Waals surface area contributed by atoms with Crippen molar-refractivity contribution in [3.05, 3.63) is 63.5 Å². The molecular formula is C22H23NO5. The number of benzene rings is 2. The molecule has 2 aromatic carbocycles. The average Bonchev–Trinajstić information content (AvgIpc) is 2.57. The summed E-state index contributed by atoms with van der Waals surface area (Å²) >= 11 is 0. The minimum atomic E-state index is -0.673. The van der Waals surface area contributed by atoms with Crippen LogP contribution in [0.5, 0.6) is 11.5 Å². The Morgan fingerprint density at radius 3 is 2.36 bits per heavy atom. The Morgan fingerprint density at radius 1 is 1.11 bits per heavy atom. The van der Waals surface area contributed by atoms with Gasteiger partial charge in [-0.3, -0.25) is 4.79 Å². The van der Waals surface area contributed by atoms with Gasteiger partial charge in [-0.1, -0.05) is 32.9 Å². The molecule has 0 saturated carbocycles. The molecule has 1 amide bonds. The summed E-state index contributed by atoms with van der Waals surface area (Å²) in [6.07, 6.45) is -0.189. The number of fused-ring (bicyclic) bond motifs is 1. The van der Waals surface area contributed by atoms with Crippen LogP contribution in [0.1, 0.15) is 37.5 Å². The van der Waals surface area contributed by atoms with Crippen LogP contribution in [0.15, 0.2) is 45.6 Å². The summed E-state index contributed by atoms with van der Waals surface area (Å²) in [5.41, 5.74) is 1.80. The van der Waals surface area contributed by atoms with E-state index in [1.165, 1.54) is 6.07 Å². The monoisotopic (exact) mass is 381 g/mol. The number of hydrogen-bond acceptors (Lipinski definition) is 5. The predicted molar refractivity (Wildman–Crippen MR) is 108 cm³/mol. The van der Waals surface area contributed by atoms with Crippen molar-refractivity contribution >= 4 is 22.6 Å². The maximum atomic E-state index is 12.4. The molecule has 0 aliphatic carbocycles. The zero-order chi connectivity index (χ0) is 20.6. The third kappa shape index (κ3) is 3.86. The van der Waals surface area contributed by atoms with Crippen molar-refractivity contribution in [3.8, 4) is 11.5 Å². The SMILES string of the molecule is Cc1c(CC(=O)Nc2ccc(C(C)(C)C)cc2)c(=O)oc2cc(O)cc(O)c12. The number of aryl methyl sites for hydroxylation is 1. The lowest BCUT2D eigenvalue weighted by Crippen LogP contribution is -2.20. The second-order valence-corrected chi connectivity index (χ2v) is 7.88. The van der Waals surface area contributed by atoms with Crippen LogP contribution in [0, 0.1) is 6.92 Å². The fraction of sp³-hybridized carbons (Fsp3) is 0.273. The van der Waals surface area contributed by atoms with Gasteiger partial charge in [-0.2, -0.15) is 0 Å². The lowest BCUT2D eigenvalue weighted by Gasteiger charge is -2.19. The Bertz CT molecular complexity index is 1100. The van der Waals surface area contributed by atoms with E-state index in [0.29, 0.717) is 16.6 Å². The summed E-state index contributed by atoms with van der Waals surface area (Å²) in [7, 11) is 0. The first kappa shape index (κ1) is 19.5. The Labute approximate surface area is 162 Å². The zero-order valence-corrected chi connectivity index (χ0v) is 16.3. The molecule has 0 bridgehead atoms. The summed E-state index contributed by atoms with van der Waals surface area (Å²) in [6.45, 7) is 7.96. The molecule has 0 radical (unpaired) electrons.